The number of hydrogen-bond acceptors (Lipinski definition) is 6. The zero-order valence-electron chi connectivity index (χ0n) is 14.9. The molecular formula is C16H16F2N4O6S. The maximum absolute atomic E-state index is 13.5. The molecule has 0 spiro atoms. The van der Waals surface area contributed by atoms with E-state index in [1.165, 1.54) is 0 Å². The first-order valence-corrected chi connectivity index (χ1v) is 9.41. The maximum Gasteiger partial charge on any atom is 0.321 e. The van der Waals surface area contributed by atoms with Crippen molar-refractivity contribution in [2.45, 2.75) is 17.9 Å². The number of hydrogen-bond donors (Lipinski definition) is 4. The molecule has 1 heterocycles. The third-order valence-corrected chi connectivity index (χ3v) is 4.88. The van der Waals surface area contributed by atoms with Crippen molar-refractivity contribution in [2.75, 3.05) is 11.9 Å². The minimum Gasteiger partial charge on any atom is -0.452 e. The summed E-state index contributed by atoms with van der Waals surface area (Å²) in [6.07, 6.45) is -0.430. The molecule has 10 nitrogen and oxygen atoms in total. The number of nitrogens with two attached hydrogens (primary N) is 1. The van der Waals surface area contributed by atoms with Crippen molar-refractivity contribution in [2.24, 2.45) is 5.73 Å². The summed E-state index contributed by atoms with van der Waals surface area (Å²) < 4.78 is 57.4. The summed E-state index contributed by atoms with van der Waals surface area (Å²) in [6, 6.07) is 3.38. The second kappa shape index (κ2) is 8.79. The molecule has 2 rings (SSSR count). The van der Waals surface area contributed by atoms with Gasteiger partial charge in [0.1, 0.15) is 28.8 Å². The molecule has 0 saturated heterocycles. The molecule has 0 fully saturated rings. The van der Waals surface area contributed by atoms with E-state index in [4.69, 9.17) is 10.5 Å². The van der Waals surface area contributed by atoms with Crippen LogP contribution < -0.4 is 15.8 Å². The normalized spacial score (nSPS) is 12.2. The first kappa shape index (κ1) is 22.0. The molecular weight excluding hydrogens is 414 g/mol. The highest BCUT2D eigenvalue weighted by Crippen LogP contribution is 2.16. The molecule has 2 aromatic rings. The molecule has 0 aliphatic heterocycles. The standard InChI is InChI=1S/C16H16F2N4O6S/c1-8(16(25)22-12-4-9(17)2-3-11(12)18)28-14(23)7-21-29(26,27)10-5-13(15(19)24)20-6-10/h2-6,8,20-21H,7H2,1H3,(H2,19,24)(H,22,25). The van der Waals surface area contributed by atoms with E-state index in [0.29, 0.717) is 0 Å². The van der Waals surface area contributed by atoms with Crippen LogP contribution in [0.2, 0.25) is 0 Å². The number of primary amides is 1. The Labute approximate surface area is 163 Å². The van der Waals surface area contributed by atoms with Gasteiger partial charge < -0.3 is 20.8 Å². The minimum atomic E-state index is -4.16. The molecule has 1 aromatic carbocycles. The van der Waals surface area contributed by atoms with E-state index in [2.05, 4.69) is 4.98 Å². The van der Waals surface area contributed by atoms with E-state index in [0.717, 1.165) is 37.4 Å². The van der Waals surface area contributed by atoms with Gasteiger partial charge in [0.25, 0.3) is 11.8 Å². The van der Waals surface area contributed by atoms with Crippen molar-refractivity contribution in [3.8, 4) is 0 Å². The zero-order valence-corrected chi connectivity index (χ0v) is 15.7. The lowest BCUT2D eigenvalue weighted by Gasteiger charge is -2.14. The van der Waals surface area contributed by atoms with E-state index in [1.807, 2.05) is 10.0 Å². The maximum atomic E-state index is 13.5. The fourth-order valence-electron chi connectivity index (χ4n) is 2.03. The number of carbonyl (C=O) groups is 3. The molecule has 13 heteroatoms. The number of amides is 2. The lowest BCUT2D eigenvalue weighted by molar-refractivity contribution is -0.151. The second-order valence-corrected chi connectivity index (χ2v) is 7.45. The Morgan fingerprint density at radius 2 is 1.93 bits per heavy atom. The highest BCUT2D eigenvalue weighted by molar-refractivity contribution is 7.89. The summed E-state index contributed by atoms with van der Waals surface area (Å²) in [7, 11) is -4.16. The SMILES string of the molecule is CC(OC(=O)CNS(=O)(=O)c1c[nH]c(C(N)=O)c1)C(=O)Nc1cc(F)ccc1F. The van der Waals surface area contributed by atoms with Crippen molar-refractivity contribution in [3.05, 3.63) is 47.8 Å². The molecule has 1 unspecified atom stereocenters. The largest absolute Gasteiger partial charge is 0.452 e. The molecule has 0 bridgehead atoms. The van der Waals surface area contributed by atoms with Gasteiger partial charge in [0, 0.05) is 12.3 Å². The molecule has 0 radical (unpaired) electrons. The first-order chi connectivity index (χ1) is 13.5. The van der Waals surface area contributed by atoms with Crippen LogP contribution in [0.15, 0.2) is 35.4 Å². The van der Waals surface area contributed by atoms with Gasteiger partial charge in [0.15, 0.2) is 6.10 Å². The van der Waals surface area contributed by atoms with Crippen molar-refractivity contribution in [3.63, 3.8) is 0 Å². The summed E-state index contributed by atoms with van der Waals surface area (Å²) in [5, 5.41) is 2.05. The van der Waals surface area contributed by atoms with Crippen molar-refractivity contribution < 1.29 is 36.3 Å². The number of esters is 1. The van der Waals surface area contributed by atoms with Gasteiger partial charge in [0.2, 0.25) is 10.0 Å². The number of sulfonamides is 1. The third kappa shape index (κ3) is 5.83. The fourth-order valence-corrected chi connectivity index (χ4v) is 2.99. The van der Waals surface area contributed by atoms with Crippen LogP contribution in [0.3, 0.4) is 0 Å². The Bertz CT molecular complexity index is 1050. The molecule has 0 aliphatic rings. The lowest BCUT2D eigenvalue weighted by atomic mass is 10.2. The number of nitrogens with one attached hydrogen (secondary N) is 3. The Hall–Kier alpha value is -3.32. The average molecular weight is 430 g/mol. The van der Waals surface area contributed by atoms with Crippen molar-refractivity contribution in [1.29, 1.82) is 0 Å². The zero-order chi connectivity index (χ0) is 21.8. The summed E-state index contributed by atoms with van der Waals surface area (Å²) in [5.74, 6) is -4.62. The quantitative estimate of drug-likeness (QED) is 0.439. The van der Waals surface area contributed by atoms with Crippen LogP contribution in [-0.4, -0.2) is 43.8 Å². The van der Waals surface area contributed by atoms with E-state index in [-0.39, 0.29) is 10.6 Å². The van der Waals surface area contributed by atoms with Crippen LogP contribution in [-0.2, 0) is 24.3 Å². The highest BCUT2D eigenvalue weighted by atomic mass is 32.2. The smallest absolute Gasteiger partial charge is 0.321 e. The van der Waals surface area contributed by atoms with Crippen LogP contribution in [0.4, 0.5) is 14.5 Å². The number of aromatic amines is 1. The van der Waals surface area contributed by atoms with E-state index in [1.54, 1.807) is 0 Å². The molecule has 29 heavy (non-hydrogen) atoms. The van der Waals surface area contributed by atoms with Crippen LogP contribution in [0.25, 0.3) is 0 Å². The number of H-pyrrole nitrogens is 1. The molecule has 0 saturated carbocycles. The van der Waals surface area contributed by atoms with E-state index in [9.17, 15) is 31.6 Å². The topological polar surface area (TPSA) is 160 Å². The highest BCUT2D eigenvalue weighted by Gasteiger charge is 2.22. The number of aromatic nitrogens is 1. The number of halogens is 2. The van der Waals surface area contributed by atoms with Gasteiger partial charge in [-0.1, -0.05) is 0 Å². The number of anilines is 1. The number of rotatable bonds is 8. The van der Waals surface area contributed by atoms with Gasteiger partial charge in [0.05, 0.1) is 5.69 Å². The monoisotopic (exact) mass is 430 g/mol. The van der Waals surface area contributed by atoms with Gasteiger partial charge in [-0.05, 0) is 25.1 Å². The summed E-state index contributed by atoms with van der Waals surface area (Å²) in [4.78, 5) is 36.7. The fraction of sp³-hybridized carbons (Fsp3) is 0.188. The molecule has 2 amide bonds. The van der Waals surface area contributed by atoms with Gasteiger partial charge in [-0.3, -0.25) is 14.4 Å². The number of ether oxygens (including phenoxy) is 1. The average Bonchev–Trinajstić information content (AvgIpc) is 3.14. The second-order valence-electron chi connectivity index (χ2n) is 5.68. The lowest BCUT2D eigenvalue weighted by Crippen LogP contribution is -2.35. The predicted octanol–water partition coefficient (Wildman–Crippen LogP) is 0.241. The van der Waals surface area contributed by atoms with Gasteiger partial charge >= 0.3 is 5.97 Å². The summed E-state index contributed by atoms with van der Waals surface area (Å²) in [6.45, 7) is 0.329. The number of benzene rings is 1. The Morgan fingerprint density at radius 1 is 1.24 bits per heavy atom. The molecule has 1 atom stereocenters. The molecule has 0 aliphatic carbocycles. The van der Waals surface area contributed by atoms with Crippen LogP contribution in [0.1, 0.15) is 17.4 Å². The summed E-state index contributed by atoms with van der Waals surface area (Å²) >= 11 is 0. The predicted molar refractivity (Wildman–Crippen MR) is 95.0 cm³/mol. The van der Waals surface area contributed by atoms with Crippen LogP contribution in [0, 0.1) is 11.6 Å². The Kier molecular flexibility index (Phi) is 6.66. The molecule has 5 N–H and O–H groups in total. The minimum absolute atomic E-state index is 0.150. The summed E-state index contributed by atoms with van der Waals surface area (Å²) in [5.41, 5.74) is 4.41. The van der Waals surface area contributed by atoms with Gasteiger partial charge in [-0.15, -0.1) is 0 Å². The third-order valence-electron chi connectivity index (χ3n) is 3.50. The van der Waals surface area contributed by atoms with Crippen LogP contribution >= 0.6 is 0 Å². The van der Waals surface area contributed by atoms with E-state index >= 15 is 0 Å². The number of carbonyl (C=O) groups excluding carboxylic acids is 3. The molecule has 156 valence electrons. The van der Waals surface area contributed by atoms with Gasteiger partial charge in [-0.25, -0.2) is 17.2 Å². The van der Waals surface area contributed by atoms with E-state index < -0.39 is 57.8 Å². The van der Waals surface area contributed by atoms with Crippen molar-refractivity contribution >= 4 is 33.5 Å². The Balaban J connectivity index is 1.91. The van der Waals surface area contributed by atoms with Crippen molar-refractivity contribution in [1.82, 2.24) is 9.71 Å². The van der Waals surface area contributed by atoms with Crippen LogP contribution in [0.5, 0.6) is 0 Å². The molecule has 1 aromatic heterocycles. The Morgan fingerprint density at radius 3 is 2.55 bits per heavy atom. The first-order valence-electron chi connectivity index (χ1n) is 7.93. The van der Waals surface area contributed by atoms with Gasteiger partial charge in [-0.2, -0.15) is 4.72 Å².